The topological polar surface area (TPSA) is 75.6 Å². The zero-order valence-electron chi connectivity index (χ0n) is 11.9. The molecule has 1 aromatic rings. The summed E-state index contributed by atoms with van der Waals surface area (Å²) in [5.74, 6) is -1.22. The largest absolute Gasteiger partial charge is 0.507 e. The van der Waals surface area contributed by atoms with Gasteiger partial charge in [0.15, 0.2) is 0 Å². The minimum atomic E-state index is -0.805. The smallest absolute Gasteiger partial charge is 0.328 e. The molecule has 110 valence electrons. The number of halogens is 1. The molecule has 20 heavy (non-hydrogen) atoms. The van der Waals surface area contributed by atoms with Gasteiger partial charge in [-0.2, -0.15) is 0 Å². The van der Waals surface area contributed by atoms with Crippen LogP contribution in [0.3, 0.4) is 0 Å². The molecule has 0 aliphatic carbocycles. The highest BCUT2D eigenvalue weighted by Gasteiger charge is 2.24. The number of hydrogen-bond acceptors (Lipinski definition) is 4. The highest BCUT2D eigenvalue weighted by atomic mass is 79.9. The zero-order chi connectivity index (χ0) is 15.5. The number of phenolic OH excluding ortho intramolecular Hbond substituents is 1. The Bertz CT molecular complexity index is 522. The molecule has 2 N–H and O–H groups in total. The van der Waals surface area contributed by atoms with Crippen LogP contribution >= 0.6 is 15.9 Å². The maximum Gasteiger partial charge on any atom is 0.328 e. The summed E-state index contributed by atoms with van der Waals surface area (Å²) in [7, 11) is 0. The second-order valence-electron chi connectivity index (χ2n) is 5.39. The Morgan fingerprint density at radius 2 is 1.95 bits per heavy atom. The lowest BCUT2D eigenvalue weighted by atomic mass is 10.1. The highest BCUT2D eigenvalue weighted by Crippen LogP contribution is 2.21. The van der Waals surface area contributed by atoms with E-state index in [0.717, 1.165) is 0 Å². The molecule has 0 bridgehead atoms. The SMILES string of the molecule is C[C@H](NC(=O)c1cc(Br)ccc1O)C(=O)OC(C)(C)C. The Labute approximate surface area is 126 Å². The summed E-state index contributed by atoms with van der Waals surface area (Å²) in [5, 5.41) is 12.1. The number of nitrogens with one attached hydrogen (secondary N) is 1. The number of carbonyl (C=O) groups is 2. The van der Waals surface area contributed by atoms with Crippen LogP contribution in [0.4, 0.5) is 0 Å². The van der Waals surface area contributed by atoms with E-state index in [9.17, 15) is 14.7 Å². The fourth-order valence-corrected chi connectivity index (χ4v) is 1.77. The van der Waals surface area contributed by atoms with Crippen LogP contribution in [-0.4, -0.2) is 28.6 Å². The minimum Gasteiger partial charge on any atom is -0.507 e. The normalized spacial score (nSPS) is 12.7. The van der Waals surface area contributed by atoms with Crippen molar-refractivity contribution in [1.82, 2.24) is 5.32 Å². The Hall–Kier alpha value is -1.56. The Morgan fingerprint density at radius 1 is 1.35 bits per heavy atom. The van der Waals surface area contributed by atoms with Gasteiger partial charge < -0.3 is 15.2 Å². The molecule has 5 nitrogen and oxygen atoms in total. The van der Waals surface area contributed by atoms with Gasteiger partial charge in [-0.05, 0) is 45.9 Å². The summed E-state index contributed by atoms with van der Waals surface area (Å²) in [4.78, 5) is 23.8. The molecule has 0 aromatic heterocycles. The summed E-state index contributed by atoms with van der Waals surface area (Å²) in [6.45, 7) is 6.78. The third-order valence-corrected chi connectivity index (χ3v) is 2.80. The van der Waals surface area contributed by atoms with Crippen LogP contribution in [0.5, 0.6) is 5.75 Å². The Morgan fingerprint density at radius 3 is 2.50 bits per heavy atom. The second kappa shape index (κ2) is 6.26. The monoisotopic (exact) mass is 343 g/mol. The lowest BCUT2D eigenvalue weighted by molar-refractivity contribution is -0.156. The fourth-order valence-electron chi connectivity index (χ4n) is 1.41. The van der Waals surface area contributed by atoms with E-state index < -0.39 is 23.5 Å². The number of hydrogen-bond donors (Lipinski definition) is 2. The average molecular weight is 344 g/mol. The van der Waals surface area contributed by atoms with Gasteiger partial charge in [-0.3, -0.25) is 4.79 Å². The fraction of sp³-hybridized carbons (Fsp3) is 0.429. The molecule has 1 atom stereocenters. The van der Waals surface area contributed by atoms with Crippen molar-refractivity contribution in [3.05, 3.63) is 28.2 Å². The number of ether oxygens (including phenoxy) is 1. The van der Waals surface area contributed by atoms with Crippen molar-refractivity contribution in [3.63, 3.8) is 0 Å². The van der Waals surface area contributed by atoms with Crippen molar-refractivity contribution in [3.8, 4) is 5.75 Å². The molecule has 0 aliphatic heterocycles. The lowest BCUT2D eigenvalue weighted by Gasteiger charge is -2.22. The molecule has 0 aliphatic rings. The van der Waals surface area contributed by atoms with Gasteiger partial charge in [0, 0.05) is 4.47 Å². The van der Waals surface area contributed by atoms with Crippen LogP contribution in [0.1, 0.15) is 38.1 Å². The Balaban J connectivity index is 2.75. The molecular weight excluding hydrogens is 326 g/mol. The summed E-state index contributed by atoms with van der Waals surface area (Å²) < 4.78 is 5.82. The molecule has 6 heteroatoms. The van der Waals surface area contributed by atoms with Crippen LogP contribution in [0, 0.1) is 0 Å². The van der Waals surface area contributed by atoms with E-state index in [-0.39, 0.29) is 11.3 Å². The van der Waals surface area contributed by atoms with E-state index in [0.29, 0.717) is 4.47 Å². The number of rotatable bonds is 3. The first-order chi connectivity index (χ1) is 9.10. The predicted octanol–water partition coefficient (Wildman–Crippen LogP) is 2.61. The Kier molecular flexibility index (Phi) is 5.16. The molecule has 1 amide bonds. The average Bonchev–Trinajstić information content (AvgIpc) is 2.29. The quantitative estimate of drug-likeness (QED) is 0.827. The van der Waals surface area contributed by atoms with Crippen LogP contribution in [0.15, 0.2) is 22.7 Å². The number of esters is 1. The second-order valence-corrected chi connectivity index (χ2v) is 6.31. The van der Waals surface area contributed by atoms with Crippen molar-refractivity contribution in [2.75, 3.05) is 0 Å². The standard InChI is InChI=1S/C14H18BrNO4/c1-8(13(19)20-14(2,3)4)16-12(18)10-7-9(15)5-6-11(10)17/h5-8,17H,1-4H3,(H,16,18)/t8-/m0/s1. The number of aromatic hydroxyl groups is 1. The molecule has 0 spiro atoms. The van der Waals surface area contributed by atoms with Crippen LogP contribution in [0.25, 0.3) is 0 Å². The van der Waals surface area contributed by atoms with Crippen molar-refractivity contribution >= 4 is 27.8 Å². The first-order valence-electron chi connectivity index (χ1n) is 6.12. The first kappa shape index (κ1) is 16.5. The third kappa shape index (κ3) is 4.85. The third-order valence-electron chi connectivity index (χ3n) is 2.31. The molecule has 1 rings (SSSR count). The summed E-state index contributed by atoms with van der Waals surface area (Å²) in [6.07, 6.45) is 0. The van der Waals surface area contributed by atoms with Gasteiger partial charge in [0.25, 0.3) is 5.91 Å². The number of amides is 1. The van der Waals surface area contributed by atoms with Crippen molar-refractivity contribution in [2.24, 2.45) is 0 Å². The predicted molar refractivity (Wildman–Crippen MR) is 78.6 cm³/mol. The number of phenols is 1. The van der Waals surface area contributed by atoms with E-state index >= 15 is 0 Å². The van der Waals surface area contributed by atoms with Crippen molar-refractivity contribution < 1.29 is 19.4 Å². The minimum absolute atomic E-state index is 0.0924. The first-order valence-corrected chi connectivity index (χ1v) is 6.91. The molecule has 0 fully saturated rings. The molecule has 0 saturated heterocycles. The lowest BCUT2D eigenvalue weighted by Crippen LogP contribution is -2.42. The van der Waals surface area contributed by atoms with Gasteiger partial charge in [-0.15, -0.1) is 0 Å². The van der Waals surface area contributed by atoms with Crippen LogP contribution in [-0.2, 0) is 9.53 Å². The van der Waals surface area contributed by atoms with Gasteiger partial charge in [0.2, 0.25) is 0 Å². The molecule has 0 unspecified atom stereocenters. The summed E-state index contributed by atoms with van der Waals surface area (Å²) >= 11 is 3.22. The van der Waals surface area contributed by atoms with Crippen molar-refractivity contribution in [2.45, 2.75) is 39.3 Å². The van der Waals surface area contributed by atoms with E-state index in [1.165, 1.54) is 19.1 Å². The summed E-state index contributed by atoms with van der Waals surface area (Å²) in [5.41, 5.74) is -0.525. The van der Waals surface area contributed by atoms with E-state index in [4.69, 9.17) is 4.74 Å². The highest BCUT2D eigenvalue weighted by molar-refractivity contribution is 9.10. The van der Waals surface area contributed by atoms with Gasteiger partial charge in [-0.25, -0.2) is 4.79 Å². The maximum atomic E-state index is 12.0. The van der Waals surface area contributed by atoms with E-state index in [2.05, 4.69) is 21.2 Å². The molecule has 0 saturated carbocycles. The maximum absolute atomic E-state index is 12.0. The van der Waals surface area contributed by atoms with Gasteiger partial charge >= 0.3 is 5.97 Å². The van der Waals surface area contributed by atoms with E-state index in [1.807, 2.05) is 0 Å². The molecule has 1 aromatic carbocycles. The van der Waals surface area contributed by atoms with Crippen LogP contribution in [0.2, 0.25) is 0 Å². The van der Waals surface area contributed by atoms with Gasteiger partial charge in [0.1, 0.15) is 17.4 Å². The molecule has 0 heterocycles. The van der Waals surface area contributed by atoms with Gasteiger partial charge in [0.05, 0.1) is 5.56 Å². The number of benzene rings is 1. The summed E-state index contributed by atoms with van der Waals surface area (Å²) in [6, 6.07) is 3.69. The molecular formula is C14H18BrNO4. The number of carbonyl (C=O) groups excluding carboxylic acids is 2. The van der Waals surface area contributed by atoms with E-state index in [1.54, 1.807) is 26.8 Å². The zero-order valence-corrected chi connectivity index (χ0v) is 13.4. The molecule has 0 radical (unpaired) electrons. The van der Waals surface area contributed by atoms with Crippen LogP contribution < -0.4 is 5.32 Å². The van der Waals surface area contributed by atoms with Gasteiger partial charge in [-0.1, -0.05) is 15.9 Å². The van der Waals surface area contributed by atoms with Crippen molar-refractivity contribution in [1.29, 1.82) is 0 Å².